The fraction of sp³-hybridized carbons (Fsp3) is 0.333. The van der Waals surface area contributed by atoms with E-state index in [2.05, 4.69) is 27.8 Å². The van der Waals surface area contributed by atoms with E-state index in [4.69, 9.17) is 16.3 Å². The van der Waals surface area contributed by atoms with Crippen molar-refractivity contribution in [2.75, 3.05) is 5.32 Å². The second-order valence-corrected chi connectivity index (χ2v) is 7.58. The highest BCUT2D eigenvalue weighted by molar-refractivity contribution is 9.10. The summed E-state index contributed by atoms with van der Waals surface area (Å²) in [5.74, 6) is -0.425. The Morgan fingerprint density at radius 2 is 1.95 bits per heavy atom. The minimum absolute atomic E-state index is 0.291. The van der Waals surface area contributed by atoms with Crippen molar-refractivity contribution < 1.29 is 14.3 Å². The Hall–Kier alpha value is -1.33. The number of aryl methyl sites for hydroxylation is 1. The summed E-state index contributed by atoms with van der Waals surface area (Å²) in [4.78, 5) is 23.5. The molecule has 0 saturated heterocycles. The van der Waals surface area contributed by atoms with Gasteiger partial charge in [0, 0.05) is 11.6 Å². The molecule has 0 fully saturated rings. The van der Waals surface area contributed by atoms with Crippen molar-refractivity contribution in [2.24, 2.45) is 0 Å². The number of rotatable bonds is 4. The molecule has 1 amide bonds. The maximum Gasteiger partial charge on any atom is 0.327 e. The summed E-state index contributed by atoms with van der Waals surface area (Å²) < 4.78 is 4.46. The van der Waals surface area contributed by atoms with Gasteiger partial charge in [0.05, 0.1) is 10.7 Å². The van der Waals surface area contributed by atoms with Crippen molar-refractivity contribution in [1.29, 1.82) is 0 Å². The maximum absolute atomic E-state index is 11.8. The van der Waals surface area contributed by atoms with Crippen LogP contribution in [0.3, 0.4) is 0 Å². The molecule has 114 valence electrons. The average Bonchev–Trinajstić information content (AvgIpc) is 2.32. The van der Waals surface area contributed by atoms with Gasteiger partial charge in [0.25, 0.3) is 5.91 Å². The number of benzene rings is 1. The molecule has 0 spiro atoms. The summed E-state index contributed by atoms with van der Waals surface area (Å²) >= 11 is 9.36. The first-order valence-corrected chi connectivity index (χ1v) is 7.37. The van der Waals surface area contributed by atoms with E-state index < -0.39 is 10.3 Å². The predicted octanol–water partition coefficient (Wildman–Crippen LogP) is 4.24. The van der Waals surface area contributed by atoms with Gasteiger partial charge in [-0.2, -0.15) is 0 Å². The highest BCUT2D eigenvalue weighted by Crippen LogP contribution is 2.32. The Morgan fingerprint density at radius 3 is 2.38 bits per heavy atom. The molecule has 0 heterocycles. The number of anilines is 1. The van der Waals surface area contributed by atoms with Crippen LogP contribution in [0, 0.1) is 6.92 Å². The first-order valence-electron chi connectivity index (χ1n) is 6.20. The Balaban J connectivity index is 3.03. The normalized spacial score (nSPS) is 11.0. The summed E-state index contributed by atoms with van der Waals surface area (Å²) in [6, 6.07) is 3.12. The molecule has 0 unspecified atom stereocenters. The third-order valence-electron chi connectivity index (χ3n) is 2.58. The van der Waals surface area contributed by atoms with Crippen molar-refractivity contribution in [3.63, 3.8) is 0 Å². The Bertz CT molecular complexity index is 582. The van der Waals surface area contributed by atoms with Crippen LogP contribution in [-0.4, -0.2) is 16.2 Å². The van der Waals surface area contributed by atoms with Crippen molar-refractivity contribution in [3.05, 3.63) is 34.9 Å². The monoisotopic (exact) mass is 373 g/mol. The van der Waals surface area contributed by atoms with Crippen LogP contribution in [0.5, 0.6) is 5.75 Å². The molecule has 0 radical (unpaired) electrons. The average molecular weight is 375 g/mol. The lowest BCUT2D eigenvalue weighted by Crippen LogP contribution is -2.29. The van der Waals surface area contributed by atoms with E-state index in [1.165, 1.54) is 6.07 Å². The molecule has 1 aromatic carbocycles. The van der Waals surface area contributed by atoms with Crippen LogP contribution >= 0.6 is 27.5 Å². The predicted molar refractivity (Wildman–Crippen MR) is 88.3 cm³/mol. The summed E-state index contributed by atoms with van der Waals surface area (Å²) in [5.41, 5.74) is 1.54. The number of amides is 1. The molecule has 0 atom stereocenters. The van der Waals surface area contributed by atoms with Gasteiger partial charge in [-0.25, -0.2) is 0 Å². The smallest absolute Gasteiger partial charge is 0.327 e. The highest BCUT2D eigenvalue weighted by atomic mass is 79.9. The van der Waals surface area contributed by atoms with Gasteiger partial charge < -0.3 is 10.1 Å². The molecular weight excluding hydrogens is 358 g/mol. The topological polar surface area (TPSA) is 55.4 Å². The summed E-state index contributed by atoms with van der Waals surface area (Å²) in [6.07, 6.45) is 0. The molecule has 0 aliphatic heterocycles. The number of nitrogens with one attached hydrogen (secondary N) is 1. The standard InChI is InChI=1S/C15H17BrClNO3/c1-8(2)13(19)18-12-9(3)6-10(7-11(12)17)21-14(20)15(4,5)16/h6-7H,1H2,2-5H3,(H,18,19). The number of hydrogen-bond donors (Lipinski definition) is 1. The molecule has 1 rings (SSSR count). The zero-order valence-corrected chi connectivity index (χ0v) is 14.7. The van der Waals surface area contributed by atoms with Crippen molar-refractivity contribution in [2.45, 2.75) is 32.0 Å². The molecule has 0 aliphatic carbocycles. The van der Waals surface area contributed by atoms with E-state index in [0.29, 0.717) is 27.6 Å². The lowest BCUT2D eigenvalue weighted by Gasteiger charge is -2.16. The molecule has 21 heavy (non-hydrogen) atoms. The van der Waals surface area contributed by atoms with E-state index in [1.54, 1.807) is 33.8 Å². The zero-order valence-electron chi connectivity index (χ0n) is 12.3. The van der Waals surface area contributed by atoms with Gasteiger partial charge in [-0.05, 0) is 39.3 Å². The third kappa shape index (κ3) is 4.86. The highest BCUT2D eigenvalue weighted by Gasteiger charge is 2.26. The molecule has 0 saturated carbocycles. The third-order valence-corrected chi connectivity index (χ3v) is 3.20. The van der Waals surface area contributed by atoms with Crippen molar-refractivity contribution in [1.82, 2.24) is 0 Å². The van der Waals surface area contributed by atoms with Crippen LogP contribution in [0.15, 0.2) is 24.3 Å². The fourth-order valence-electron chi connectivity index (χ4n) is 1.38. The SMILES string of the molecule is C=C(C)C(=O)Nc1c(C)cc(OC(=O)C(C)(C)Br)cc1Cl. The number of ether oxygens (including phenoxy) is 1. The summed E-state index contributed by atoms with van der Waals surface area (Å²) in [6.45, 7) is 10.3. The molecule has 0 bridgehead atoms. The zero-order chi connectivity index (χ0) is 16.4. The number of carbonyl (C=O) groups excluding carboxylic acids is 2. The van der Waals surface area contributed by atoms with Gasteiger partial charge >= 0.3 is 5.97 Å². The minimum atomic E-state index is -0.791. The molecule has 1 N–H and O–H groups in total. The van der Waals surface area contributed by atoms with E-state index in [-0.39, 0.29) is 5.91 Å². The van der Waals surface area contributed by atoms with Crippen LogP contribution in [0.25, 0.3) is 0 Å². The Kier molecular flexibility index (Phi) is 5.59. The molecular formula is C15H17BrClNO3. The molecule has 0 aliphatic rings. The van der Waals surface area contributed by atoms with Crippen LogP contribution in [0.4, 0.5) is 5.69 Å². The first-order chi connectivity index (χ1) is 9.52. The molecule has 6 heteroatoms. The van der Waals surface area contributed by atoms with Crippen LogP contribution in [0.1, 0.15) is 26.3 Å². The molecule has 0 aromatic heterocycles. The van der Waals surface area contributed by atoms with Gasteiger partial charge in [-0.3, -0.25) is 9.59 Å². The number of carbonyl (C=O) groups is 2. The summed E-state index contributed by atoms with van der Waals surface area (Å²) in [7, 11) is 0. The Morgan fingerprint density at radius 1 is 1.38 bits per heavy atom. The molecule has 4 nitrogen and oxygen atoms in total. The minimum Gasteiger partial charge on any atom is -0.425 e. The maximum atomic E-state index is 11.8. The Labute approximate surface area is 137 Å². The van der Waals surface area contributed by atoms with Gasteiger partial charge in [0.15, 0.2) is 0 Å². The second kappa shape index (κ2) is 6.62. The van der Waals surface area contributed by atoms with Crippen molar-refractivity contribution in [3.8, 4) is 5.75 Å². The lowest BCUT2D eigenvalue weighted by atomic mass is 10.1. The van der Waals surface area contributed by atoms with Gasteiger partial charge in [0.2, 0.25) is 0 Å². The van der Waals surface area contributed by atoms with Crippen LogP contribution in [0.2, 0.25) is 5.02 Å². The van der Waals surface area contributed by atoms with E-state index in [0.717, 1.165) is 0 Å². The van der Waals surface area contributed by atoms with Crippen LogP contribution < -0.4 is 10.1 Å². The van der Waals surface area contributed by atoms with Gasteiger partial charge in [0.1, 0.15) is 10.1 Å². The van der Waals surface area contributed by atoms with E-state index in [9.17, 15) is 9.59 Å². The summed E-state index contributed by atoms with van der Waals surface area (Å²) in [5, 5.41) is 2.96. The number of hydrogen-bond acceptors (Lipinski definition) is 3. The quantitative estimate of drug-likeness (QED) is 0.371. The van der Waals surface area contributed by atoms with Gasteiger partial charge in [-0.1, -0.05) is 34.1 Å². The van der Waals surface area contributed by atoms with Crippen LogP contribution in [-0.2, 0) is 9.59 Å². The van der Waals surface area contributed by atoms with E-state index >= 15 is 0 Å². The number of halogens is 2. The van der Waals surface area contributed by atoms with Crippen molar-refractivity contribution >= 4 is 45.1 Å². The largest absolute Gasteiger partial charge is 0.425 e. The van der Waals surface area contributed by atoms with Gasteiger partial charge in [-0.15, -0.1) is 0 Å². The lowest BCUT2D eigenvalue weighted by molar-refractivity contribution is -0.136. The number of esters is 1. The second-order valence-electron chi connectivity index (χ2n) is 5.19. The number of alkyl halides is 1. The fourth-order valence-corrected chi connectivity index (χ4v) is 1.76. The van der Waals surface area contributed by atoms with E-state index in [1.807, 2.05) is 0 Å². The molecule has 1 aromatic rings. The first kappa shape index (κ1) is 17.7.